The molecule has 1 aromatic carbocycles. The van der Waals surface area contributed by atoms with Crippen LogP contribution in [0.5, 0.6) is 0 Å². The number of aromatic carboxylic acids is 1. The van der Waals surface area contributed by atoms with E-state index in [1.807, 2.05) is 13.8 Å². The fourth-order valence-corrected chi connectivity index (χ4v) is 1.73. The van der Waals surface area contributed by atoms with Crippen molar-refractivity contribution in [2.45, 2.75) is 13.8 Å². The maximum atomic E-state index is 10.9. The number of nitrogens with zero attached hydrogens (tertiary/aromatic N) is 1. The van der Waals surface area contributed by atoms with Crippen LogP contribution in [-0.2, 0) is 4.74 Å². The van der Waals surface area contributed by atoms with E-state index in [0.29, 0.717) is 13.2 Å². The molecular weight excluding hydrogens is 232 g/mol. The van der Waals surface area contributed by atoms with Gasteiger partial charge in [-0.2, -0.15) is 0 Å². The number of anilines is 2. The summed E-state index contributed by atoms with van der Waals surface area (Å²) < 4.78 is 5.31. The summed E-state index contributed by atoms with van der Waals surface area (Å²) in [5.74, 6) is -1.00. The predicted molar refractivity (Wildman–Crippen MR) is 72.2 cm³/mol. The fourth-order valence-electron chi connectivity index (χ4n) is 1.73. The molecule has 0 saturated carbocycles. The highest BCUT2D eigenvalue weighted by atomic mass is 16.5. The SMILES string of the molecule is CCOCCN(CC)c1ccc(C(=O)O)c(N)c1. The monoisotopic (exact) mass is 252 g/mol. The first-order chi connectivity index (χ1) is 8.60. The van der Waals surface area contributed by atoms with E-state index < -0.39 is 5.97 Å². The Morgan fingerprint density at radius 3 is 2.67 bits per heavy atom. The van der Waals surface area contributed by atoms with Gasteiger partial charge < -0.3 is 20.5 Å². The highest BCUT2D eigenvalue weighted by Gasteiger charge is 2.10. The molecular formula is C13H20N2O3. The lowest BCUT2D eigenvalue weighted by Crippen LogP contribution is -2.27. The van der Waals surface area contributed by atoms with E-state index >= 15 is 0 Å². The number of ether oxygens (including phenoxy) is 1. The van der Waals surface area contributed by atoms with Crippen LogP contribution in [0.3, 0.4) is 0 Å². The van der Waals surface area contributed by atoms with E-state index in [1.165, 1.54) is 6.07 Å². The number of nitrogens with two attached hydrogens (primary N) is 1. The molecule has 0 aromatic heterocycles. The number of nitrogen functional groups attached to an aromatic ring is 1. The molecule has 100 valence electrons. The lowest BCUT2D eigenvalue weighted by molar-refractivity contribution is 0.0698. The van der Waals surface area contributed by atoms with Gasteiger partial charge in [-0.05, 0) is 32.0 Å². The van der Waals surface area contributed by atoms with Crippen molar-refractivity contribution in [3.8, 4) is 0 Å². The first kappa shape index (κ1) is 14.3. The summed E-state index contributed by atoms with van der Waals surface area (Å²) in [6.07, 6.45) is 0. The van der Waals surface area contributed by atoms with E-state index in [9.17, 15) is 4.79 Å². The van der Waals surface area contributed by atoms with Crippen LogP contribution in [0.2, 0.25) is 0 Å². The maximum Gasteiger partial charge on any atom is 0.337 e. The first-order valence-corrected chi connectivity index (χ1v) is 6.05. The largest absolute Gasteiger partial charge is 0.478 e. The number of carbonyl (C=O) groups is 1. The van der Waals surface area contributed by atoms with E-state index in [1.54, 1.807) is 12.1 Å². The molecule has 0 unspecified atom stereocenters. The summed E-state index contributed by atoms with van der Waals surface area (Å²) in [4.78, 5) is 13.0. The van der Waals surface area contributed by atoms with Crippen molar-refractivity contribution >= 4 is 17.3 Å². The van der Waals surface area contributed by atoms with Crippen molar-refractivity contribution in [2.75, 3.05) is 36.9 Å². The standard InChI is InChI=1S/C13H20N2O3/c1-3-15(7-8-18-4-2)10-5-6-11(13(16)17)12(14)9-10/h5-6,9H,3-4,7-8,14H2,1-2H3,(H,16,17). The molecule has 0 aliphatic carbocycles. The number of hydrogen-bond acceptors (Lipinski definition) is 4. The molecule has 1 rings (SSSR count). The summed E-state index contributed by atoms with van der Waals surface area (Å²) in [6, 6.07) is 5.00. The Hall–Kier alpha value is -1.75. The number of carboxylic acid groups (broad SMARTS) is 1. The number of rotatable bonds is 7. The van der Waals surface area contributed by atoms with Gasteiger partial charge in [0.25, 0.3) is 0 Å². The minimum Gasteiger partial charge on any atom is -0.478 e. The van der Waals surface area contributed by atoms with E-state index in [4.69, 9.17) is 15.6 Å². The van der Waals surface area contributed by atoms with Gasteiger partial charge in [0.15, 0.2) is 0 Å². The van der Waals surface area contributed by atoms with Crippen molar-refractivity contribution in [3.63, 3.8) is 0 Å². The fraction of sp³-hybridized carbons (Fsp3) is 0.462. The molecule has 0 aliphatic heterocycles. The highest BCUT2D eigenvalue weighted by Crippen LogP contribution is 2.21. The van der Waals surface area contributed by atoms with Gasteiger partial charge in [0.2, 0.25) is 0 Å². The summed E-state index contributed by atoms with van der Waals surface area (Å²) in [7, 11) is 0. The average molecular weight is 252 g/mol. The maximum absolute atomic E-state index is 10.9. The number of likely N-dealkylation sites (N-methyl/N-ethyl adjacent to an activating group) is 1. The van der Waals surface area contributed by atoms with Crippen LogP contribution in [0.1, 0.15) is 24.2 Å². The van der Waals surface area contributed by atoms with Gasteiger partial charge in [-0.15, -0.1) is 0 Å². The van der Waals surface area contributed by atoms with Crippen LogP contribution in [-0.4, -0.2) is 37.4 Å². The van der Waals surface area contributed by atoms with Crippen LogP contribution in [0, 0.1) is 0 Å². The van der Waals surface area contributed by atoms with E-state index in [-0.39, 0.29) is 11.3 Å². The van der Waals surface area contributed by atoms with Gasteiger partial charge in [0.1, 0.15) is 0 Å². The van der Waals surface area contributed by atoms with Gasteiger partial charge in [-0.1, -0.05) is 0 Å². The van der Waals surface area contributed by atoms with Gasteiger partial charge in [0, 0.05) is 31.1 Å². The van der Waals surface area contributed by atoms with Crippen molar-refractivity contribution in [1.29, 1.82) is 0 Å². The van der Waals surface area contributed by atoms with Crippen molar-refractivity contribution < 1.29 is 14.6 Å². The zero-order valence-electron chi connectivity index (χ0n) is 10.8. The van der Waals surface area contributed by atoms with Crippen LogP contribution in [0.25, 0.3) is 0 Å². The Bertz CT molecular complexity index is 407. The molecule has 0 fully saturated rings. The third-order valence-corrected chi connectivity index (χ3v) is 2.72. The molecule has 0 radical (unpaired) electrons. The van der Waals surface area contributed by atoms with Crippen LogP contribution in [0.15, 0.2) is 18.2 Å². The first-order valence-electron chi connectivity index (χ1n) is 6.05. The predicted octanol–water partition coefficient (Wildman–Crippen LogP) is 1.83. The summed E-state index contributed by atoms with van der Waals surface area (Å²) in [6.45, 7) is 6.90. The second-order valence-corrected chi connectivity index (χ2v) is 3.85. The Kier molecular flexibility index (Phi) is 5.45. The van der Waals surface area contributed by atoms with Crippen LogP contribution in [0.4, 0.5) is 11.4 Å². The topological polar surface area (TPSA) is 75.8 Å². The minimum atomic E-state index is -1.00. The second kappa shape index (κ2) is 6.86. The summed E-state index contributed by atoms with van der Waals surface area (Å²) >= 11 is 0. The molecule has 0 spiro atoms. The molecule has 0 saturated heterocycles. The normalized spacial score (nSPS) is 10.3. The summed E-state index contributed by atoms with van der Waals surface area (Å²) in [5, 5.41) is 8.91. The highest BCUT2D eigenvalue weighted by molar-refractivity contribution is 5.94. The third-order valence-electron chi connectivity index (χ3n) is 2.72. The molecule has 1 aromatic rings. The van der Waals surface area contributed by atoms with Crippen molar-refractivity contribution in [2.24, 2.45) is 0 Å². The molecule has 0 amide bonds. The van der Waals surface area contributed by atoms with E-state index in [0.717, 1.165) is 18.8 Å². The van der Waals surface area contributed by atoms with Crippen molar-refractivity contribution in [3.05, 3.63) is 23.8 Å². The third kappa shape index (κ3) is 3.63. The quantitative estimate of drug-likeness (QED) is 0.572. The zero-order chi connectivity index (χ0) is 13.5. The van der Waals surface area contributed by atoms with Crippen LogP contribution < -0.4 is 10.6 Å². The lowest BCUT2D eigenvalue weighted by Gasteiger charge is -2.23. The Morgan fingerprint density at radius 2 is 2.17 bits per heavy atom. The molecule has 0 atom stereocenters. The molecule has 0 heterocycles. The Labute approximate surface area is 107 Å². The number of benzene rings is 1. The number of hydrogen-bond donors (Lipinski definition) is 2. The Balaban J connectivity index is 2.80. The average Bonchev–Trinajstić information content (AvgIpc) is 2.34. The number of carboxylic acids is 1. The molecule has 0 bridgehead atoms. The molecule has 5 nitrogen and oxygen atoms in total. The minimum absolute atomic E-state index is 0.139. The smallest absolute Gasteiger partial charge is 0.337 e. The molecule has 3 N–H and O–H groups in total. The molecule has 18 heavy (non-hydrogen) atoms. The van der Waals surface area contributed by atoms with E-state index in [2.05, 4.69) is 4.90 Å². The van der Waals surface area contributed by atoms with Gasteiger partial charge in [0.05, 0.1) is 12.2 Å². The Morgan fingerprint density at radius 1 is 1.44 bits per heavy atom. The molecule has 0 aliphatic rings. The summed E-state index contributed by atoms with van der Waals surface area (Å²) in [5.41, 5.74) is 7.07. The van der Waals surface area contributed by atoms with Crippen molar-refractivity contribution in [1.82, 2.24) is 0 Å². The van der Waals surface area contributed by atoms with Gasteiger partial charge in [-0.3, -0.25) is 0 Å². The van der Waals surface area contributed by atoms with Gasteiger partial charge in [-0.25, -0.2) is 4.79 Å². The lowest BCUT2D eigenvalue weighted by atomic mass is 10.1. The molecule has 5 heteroatoms. The van der Waals surface area contributed by atoms with Gasteiger partial charge >= 0.3 is 5.97 Å². The second-order valence-electron chi connectivity index (χ2n) is 3.85. The zero-order valence-corrected chi connectivity index (χ0v) is 10.8. The van der Waals surface area contributed by atoms with Crippen LogP contribution >= 0.6 is 0 Å².